The maximum Gasteiger partial charge on any atom is 0.410 e. The molecular formula is C43H54N4O6. The molecular weight excluding hydrogens is 668 g/mol. The molecule has 3 amide bonds. The molecule has 10 nitrogen and oxygen atoms in total. The van der Waals surface area contributed by atoms with Gasteiger partial charge in [0.1, 0.15) is 11.4 Å². The van der Waals surface area contributed by atoms with E-state index in [0.717, 1.165) is 59.0 Å². The number of likely N-dealkylation sites (tertiary alicyclic amines) is 1. The number of piperidine rings is 1. The van der Waals surface area contributed by atoms with E-state index < -0.39 is 11.5 Å². The Morgan fingerprint density at radius 1 is 0.943 bits per heavy atom. The summed E-state index contributed by atoms with van der Waals surface area (Å²) in [4.78, 5) is 44.1. The highest BCUT2D eigenvalue weighted by Gasteiger charge is 2.43. The lowest BCUT2D eigenvalue weighted by Gasteiger charge is -2.40. The fraction of sp³-hybridized carbons (Fsp3) is 0.465. The van der Waals surface area contributed by atoms with Crippen LogP contribution in [0.15, 0.2) is 79.0 Å². The van der Waals surface area contributed by atoms with Crippen LogP contribution in [0.5, 0.6) is 5.75 Å². The second kappa shape index (κ2) is 16.9. The summed E-state index contributed by atoms with van der Waals surface area (Å²) in [5.41, 5.74) is 4.77. The van der Waals surface area contributed by atoms with Crippen LogP contribution in [0.2, 0.25) is 0 Å². The lowest BCUT2D eigenvalue weighted by Crippen LogP contribution is -2.51. The molecule has 2 fully saturated rings. The maximum absolute atomic E-state index is 15.0. The van der Waals surface area contributed by atoms with Crippen molar-refractivity contribution in [2.45, 2.75) is 84.0 Å². The number of fused-ring (bicyclic) bond motifs is 1. The zero-order chi connectivity index (χ0) is 37.5. The molecule has 1 aliphatic heterocycles. The Kier molecular flexibility index (Phi) is 12.1. The van der Waals surface area contributed by atoms with E-state index in [1.807, 2.05) is 58.0 Å². The molecule has 282 valence electrons. The van der Waals surface area contributed by atoms with Gasteiger partial charge >= 0.3 is 6.09 Å². The summed E-state index contributed by atoms with van der Waals surface area (Å²) in [6.45, 7) is 10.8. The average molecular weight is 723 g/mol. The summed E-state index contributed by atoms with van der Waals surface area (Å²) in [6, 6.07) is 24.7. The molecule has 0 unspecified atom stereocenters. The predicted molar refractivity (Wildman–Crippen MR) is 207 cm³/mol. The Bertz CT molecular complexity index is 1880. The molecule has 3 aromatic carbocycles. The quantitative estimate of drug-likeness (QED) is 0.136. The standard InChI is InChI=1S/C43H54N4O6/c1-6-44-40(48)29-52-35-19-15-30(16-20-35)31-11-9-12-32(25-31)36-21-23-46(42(50)53-43(2,3)4)28-38(36)41(49)47(34-17-18-34)27-33-26-45(22-10-24-51-5)39-14-8-7-13-37(33)39/h7-9,11-16,19-20,25-26,34,36,38H,6,10,17-18,21-24,27-29H2,1-5H3,(H,44,48)/t36-,38+/m1/s1. The minimum absolute atomic E-state index is 0.0333. The molecule has 0 bridgehead atoms. The van der Waals surface area contributed by atoms with Gasteiger partial charge in [-0.15, -0.1) is 0 Å². The fourth-order valence-electron chi connectivity index (χ4n) is 7.37. The van der Waals surface area contributed by atoms with Crippen LogP contribution in [0.4, 0.5) is 4.79 Å². The second-order valence-electron chi connectivity index (χ2n) is 15.2. The number of amides is 3. The fourth-order valence-corrected chi connectivity index (χ4v) is 7.37. The van der Waals surface area contributed by atoms with Gasteiger partial charge < -0.3 is 33.9 Å². The van der Waals surface area contributed by atoms with Crippen LogP contribution in [0, 0.1) is 5.92 Å². The monoisotopic (exact) mass is 722 g/mol. The number of carbonyl (C=O) groups is 3. The highest BCUT2D eigenvalue weighted by Crippen LogP contribution is 2.40. The number of hydrogen-bond donors (Lipinski definition) is 1. The van der Waals surface area contributed by atoms with Gasteiger partial charge in [-0.25, -0.2) is 4.79 Å². The molecule has 1 saturated heterocycles. The molecule has 2 heterocycles. The maximum atomic E-state index is 15.0. The number of rotatable bonds is 14. The highest BCUT2D eigenvalue weighted by molar-refractivity contribution is 5.86. The zero-order valence-corrected chi connectivity index (χ0v) is 31.8. The van der Waals surface area contributed by atoms with Gasteiger partial charge in [0.05, 0.1) is 5.92 Å². The molecule has 53 heavy (non-hydrogen) atoms. The molecule has 0 radical (unpaired) electrons. The van der Waals surface area contributed by atoms with Gasteiger partial charge in [-0.2, -0.15) is 0 Å². The number of carbonyl (C=O) groups excluding carboxylic acids is 3. The summed E-state index contributed by atoms with van der Waals surface area (Å²) < 4.78 is 19.1. The van der Waals surface area contributed by atoms with Gasteiger partial charge in [0.15, 0.2) is 6.61 Å². The van der Waals surface area contributed by atoms with E-state index in [1.54, 1.807) is 12.0 Å². The molecule has 1 aliphatic carbocycles. The number of aryl methyl sites for hydroxylation is 1. The van der Waals surface area contributed by atoms with Crippen LogP contribution in [0.3, 0.4) is 0 Å². The van der Waals surface area contributed by atoms with Gasteiger partial charge in [0.2, 0.25) is 5.91 Å². The van der Waals surface area contributed by atoms with Crippen molar-refractivity contribution in [2.24, 2.45) is 5.92 Å². The van der Waals surface area contributed by atoms with E-state index in [0.29, 0.717) is 45.0 Å². The summed E-state index contributed by atoms with van der Waals surface area (Å²) >= 11 is 0. The molecule has 1 N–H and O–H groups in total. The number of hydrogen-bond acceptors (Lipinski definition) is 6. The van der Waals surface area contributed by atoms with E-state index in [-0.39, 0.29) is 36.5 Å². The molecule has 1 saturated carbocycles. The SMILES string of the molecule is CCNC(=O)COc1ccc(-c2cccc([C@H]3CCN(C(=O)OC(C)(C)C)C[C@@H]3C(=O)N(Cc3cn(CCCOC)c4ccccc34)C3CC3)c2)cc1. The minimum Gasteiger partial charge on any atom is -0.484 e. The number of methoxy groups -OCH3 is 1. The van der Waals surface area contributed by atoms with Gasteiger partial charge in [-0.1, -0.05) is 54.6 Å². The predicted octanol–water partition coefficient (Wildman–Crippen LogP) is 7.39. The van der Waals surface area contributed by atoms with Crippen molar-refractivity contribution in [3.05, 3.63) is 90.1 Å². The van der Waals surface area contributed by atoms with Crippen molar-refractivity contribution in [1.29, 1.82) is 0 Å². The molecule has 2 aliphatic rings. The number of nitrogens with one attached hydrogen (secondary N) is 1. The van der Waals surface area contributed by atoms with E-state index in [4.69, 9.17) is 14.2 Å². The van der Waals surface area contributed by atoms with Crippen LogP contribution in [0.25, 0.3) is 22.0 Å². The van der Waals surface area contributed by atoms with Gasteiger partial charge in [-0.05, 0) is 99.7 Å². The van der Waals surface area contributed by atoms with Crippen molar-refractivity contribution in [3.8, 4) is 16.9 Å². The molecule has 0 spiro atoms. The van der Waals surface area contributed by atoms with Gasteiger partial charge in [0.25, 0.3) is 5.91 Å². The molecule has 1 aromatic heterocycles. The van der Waals surface area contributed by atoms with Crippen molar-refractivity contribution >= 4 is 28.8 Å². The van der Waals surface area contributed by atoms with Crippen LogP contribution >= 0.6 is 0 Å². The Labute approximate surface area is 313 Å². The Balaban J connectivity index is 1.27. The van der Waals surface area contributed by atoms with Crippen molar-refractivity contribution in [2.75, 3.05) is 40.0 Å². The number of ether oxygens (including phenoxy) is 3. The summed E-state index contributed by atoms with van der Waals surface area (Å²) in [7, 11) is 1.73. The van der Waals surface area contributed by atoms with Gasteiger partial charge in [-0.3, -0.25) is 9.59 Å². The first-order valence-corrected chi connectivity index (χ1v) is 19.0. The lowest BCUT2D eigenvalue weighted by atomic mass is 9.79. The molecule has 6 rings (SSSR count). The molecule has 10 heteroatoms. The van der Waals surface area contributed by atoms with E-state index >= 15 is 0 Å². The summed E-state index contributed by atoms with van der Waals surface area (Å²) in [5.74, 6) is 0.0244. The first-order chi connectivity index (χ1) is 25.5. The number of benzene rings is 3. The first-order valence-electron chi connectivity index (χ1n) is 19.0. The van der Waals surface area contributed by atoms with Crippen molar-refractivity contribution < 1.29 is 28.6 Å². The molecule has 2 atom stereocenters. The summed E-state index contributed by atoms with van der Waals surface area (Å²) in [5, 5.41) is 3.90. The second-order valence-corrected chi connectivity index (χ2v) is 15.2. The highest BCUT2D eigenvalue weighted by atomic mass is 16.6. The Morgan fingerprint density at radius 3 is 2.43 bits per heavy atom. The van der Waals surface area contributed by atoms with E-state index in [2.05, 4.69) is 63.4 Å². The normalized spacial score (nSPS) is 17.4. The minimum atomic E-state index is -0.637. The van der Waals surface area contributed by atoms with Crippen molar-refractivity contribution in [1.82, 2.24) is 19.7 Å². The first kappa shape index (κ1) is 37.9. The van der Waals surface area contributed by atoms with Crippen LogP contribution < -0.4 is 10.1 Å². The third kappa shape index (κ3) is 9.59. The summed E-state index contributed by atoms with van der Waals surface area (Å²) in [6.07, 6.45) is 5.32. The smallest absolute Gasteiger partial charge is 0.410 e. The number of nitrogens with zero attached hydrogens (tertiary/aromatic N) is 3. The lowest BCUT2D eigenvalue weighted by molar-refractivity contribution is -0.139. The Hall–Kier alpha value is -4.83. The van der Waals surface area contributed by atoms with Crippen LogP contribution in [-0.2, 0) is 32.2 Å². The largest absolute Gasteiger partial charge is 0.484 e. The average Bonchev–Trinajstić information content (AvgIpc) is 3.94. The Morgan fingerprint density at radius 2 is 1.72 bits per heavy atom. The van der Waals surface area contributed by atoms with Crippen LogP contribution in [-0.4, -0.2) is 83.9 Å². The number of aromatic nitrogens is 1. The van der Waals surface area contributed by atoms with Crippen molar-refractivity contribution in [3.63, 3.8) is 0 Å². The zero-order valence-electron chi connectivity index (χ0n) is 31.8. The number of para-hydroxylation sites is 1. The number of likely N-dealkylation sites (N-methyl/N-ethyl adjacent to an activating group) is 1. The van der Waals surface area contributed by atoms with Crippen LogP contribution in [0.1, 0.15) is 70.4 Å². The van der Waals surface area contributed by atoms with E-state index in [1.165, 1.54) is 0 Å². The third-order valence-corrected chi connectivity index (χ3v) is 10.1. The third-order valence-electron chi connectivity index (χ3n) is 10.1. The topological polar surface area (TPSA) is 102 Å². The van der Waals surface area contributed by atoms with Gasteiger partial charge in [0, 0.05) is 69.6 Å². The molecule has 4 aromatic rings. The van der Waals surface area contributed by atoms with E-state index in [9.17, 15) is 14.4 Å².